The summed E-state index contributed by atoms with van der Waals surface area (Å²) in [5.41, 5.74) is 0. The van der Waals surface area contributed by atoms with Gasteiger partial charge in [0.25, 0.3) is 10.0 Å². The molecule has 2 rings (SSSR count). The molecule has 21 heavy (non-hydrogen) atoms. The molecule has 0 radical (unpaired) electrons. The number of hydrogen-bond donors (Lipinski definition) is 0. The smallest absolute Gasteiger partial charge is 0.252 e. The van der Waals surface area contributed by atoms with Gasteiger partial charge in [0.2, 0.25) is 0 Å². The van der Waals surface area contributed by atoms with Crippen molar-refractivity contribution in [1.29, 1.82) is 0 Å². The lowest BCUT2D eigenvalue weighted by Gasteiger charge is -2.34. The molecule has 2 heterocycles. The molecule has 1 aromatic rings. The van der Waals surface area contributed by atoms with Gasteiger partial charge < -0.3 is 4.90 Å². The maximum atomic E-state index is 12.6. The molecule has 1 aliphatic heterocycles. The molecule has 1 saturated heterocycles. The Balaban J connectivity index is 1.98. The first-order valence-electron chi connectivity index (χ1n) is 6.63. The van der Waals surface area contributed by atoms with Gasteiger partial charge in [-0.15, -0.1) is 11.3 Å². The van der Waals surface area contributed by atoms with Gasteiger partial charge in [-0.3, -0.25) is 4.90 Å². The zero-order valence-electron chi connectivity index (χ0n) is 12.1. The molecular formula is C12H19BrClN3O2S2. The van der Waals surface area contributed by atoms with Crippen LogP contribution in [0, 0.1) is 0 Å². The summed E-state index contributed by atoms with van der Waals surface area (Å²) in [6.07, 6.45) is 0. The Bertz CT molecular complexity index is 564. The normalized spacial score (nSPS) is 18.5. The fraction of sp³-hybridized carbons (Fsp3) is 0.667. The Morgan fingerprint density at radius 3 is 2.43 bits per heavy atom. The second-order valence-electron chi connectivity index (χ2n) is 5.24. The van der Waals surface area contributed by atoms with Crippen LogP contribution in [0.2, 0.25) is 5.02 Å². The first-order valence-corrected chi connectivity index (χ1v) is 10.1. The van der Waals surface area contributed by atoms with Crippen molar-refractivity contribution in [3.05, 3.63) is 14.9 Å². The third-order valence-corrected chi connectivity index (χ3v) is 8.23. The number of piperazine rings is 1. The van der Waals surface area contributed by atoms with Crippen LogP contribution in [0.4, 0.5) is 0 Å². The lowest BCUT2D eigenvalue weighted by Crippen LogP contribution is -2.49. The number of nitrogens with zero attached hydrogens (tertiary/aromatic N) is 3. The molecule has 0 aliphatic carbocycles. The number of likely N-dealkylation sites (N-methyl/N-ethyl adjacent to an activating group) is 1. The lowest BCUT2D eigenvalue weighted by molar-refractivity contribution is 0.175. The van der Waals surface area contributed by atoms with Gasteiger partial charge in [0.1, 0.15) is 4.21 Å². The van der Waals surface area contributed by atoms with Crippen LogP contribution < -0.4 is 0 Å². The zero-order valence-corrected chi connectivity index (χ0v) is 16.0. The van der Waals surface area contributed by atoms with Crippen molar-refractivity contribution in [2.45, 2.75) is 4.21 Å². The molecule has 9 heteroatoms. The van der Waals surface area contributed by atoms with E-state index in [0.29, 0.717) is 26.1 Å². The Kier molecular flexibility index (Phi) is 6.09. The summed E-state index contributed by atoms with van der Waals surface area (Å²) in [5.74, 6) is 0. The van der Waals surface area contributed by atoms with E-state index < -0.39 is 10.0 Å². The third-order valence-electron chi connectivity index (χ3n) is 3.41. The van der Waals surface area contributed by atoms with E-state index in [-0.39, 0.29) is 0 Å². The average Bonchev–Trinajstić information content (AvgIpc) is 2.77. The standard InChI is InChI=1S/C12H19BrClN3O2S2/c1-15(2)3-4-16-5-7-17(8-6-16)21(18,19)11-9-10(14)12(13)20-11/h9H,3-8H2,1-2H3. The number of halogens is 2. The largest absolute Gasteiger partial charge is 0.308 e. The third kappa shape index (κ3) is 4.40. The van der Waals surface area contributed by atoms with E-state index >= 15 is 0 Å². The number of rotatable bonds is 5. The highest BCUT2D eigenvalue weighted by Crippen LogP contribution is 2.36. The molecule has 0 atom stereocenters. The Morgan fingerprint density at radius 2 is 1.95 bits per heavy atom. The molecule has 0 aromatic carbocycles. The van der Waals surface area contributed by atoms with Gasteiger partial charge >= 0.3 is 0 Å². The van der Waals surface area contributed by atoms with E-state index in [1.165, 1.54) is 6.07 Å². The average molecular weight is 417 g/mol. The fourth-order valence-electron chi connectivity index (χ4n) is 2.12. The second-order valence-corrected chi connectivity index (χ2v) is 10.2. The molecule has 0 spiro atoms. The molecule has 5 nitrogen and oxygen atoms in total. The van der Waals surface area contributed by atoms with Crippen molar-refractivity contribution in [3.8, 4) is 0 Å². The van der Waals surface area contributed by atoms with Gasteiger partial charge in [0.15, 0.2) is 0 Å². The summed E-state index contributed by atoms with van der Waals surface area (Å²) in [7, 11) is 0.663. The summed E-state index contributed by atoms with van der Waals surface area (Å²) in [4.78, 5) is 4.43. The van der Waals surface area contributed by atoms with E-state index in [1.807, 2.05) is 14.1 Å². The van der Waals surface area contributed by atoms with Gasteiger partial charge in [0.05, 0.1) is 8.81 Å². The second kappa shape index (κ2) is 7.25. The van der Waals surface area contributed by atoms with E-state index in [1.54, 1.807) is 4.31 Å². The molecular weight excluding hydrogens is 398 g/mol. The predicted octanol–water partition coefficient (Wildman–Crippen LogP) is 2.03. The summed E-state index contributed by atoms with van der Waals surface area (Å²) < 4.78 is 27.6. The number of hydrogen-bond acceptors (Lipinski definition) is 5. The summed E-state index contributed by atoms with van der Waals surface area (Å²) >= 11 is 10.4. The van der Waals surface area contributed by atoms with E-state index in [9.17, 15) is 8.42 Å². The van der Waals surface area contributed by atoms with Crippen LogP contribution in [0.1, 0.15) is 0 Å². The minimum Gasteiger partial charge on any atom is -0.308 e. The van der Waals surface area contributed by atoms with Crippen molar-refractivity contribution < 1.29 is 8.42 Å². The highest BCUT2D eigenvalue weighted by atomic mass is 79.9. The van der Waals surface area contributed by atoms with Crippen LogP contribution in [-0.2, 0) is 10.0 Å². The number of sulfonamides is 1. The van der Waals surface area contributed by atoms with Crippen LogP contribution in [0.3, 0.4) is 0 Å². The van der Waals surface area contributed by atoms with Gasteiger partial charge in [-0.25, -0.2) is 8.42 Å². The molecule has 120 valence electrons. The molecule has 0 bridgehead atoms. The summed E-state index contributed by atoms with van der Waals surface area (Å²) in [5, 5.41) is 0.447. The van der Waals surface area contributed by atoms with Gasteiger partial charge in [-0.1, -0.05) is 11.6 Å². The van der Waals surface area contributed by atoms with Crippen molar-refractivity contribution >= 4 is 48.9 Å². The molecule has 1 fully saturated rings. The van der Waals surface area contributed by atoms with Crippen molar-refractivity contribution in [2.75, 3.05) is 53.4 Å². The minimum absolute atomic E-state index is 0.307. The first-order chi connectivity index (χ1) is 9.80. The molecule has 1 aromatic heterocycles. The Morgan fingerprint density at radius 1 is 1.33 bits per heavy atom. The minimum atomic E-state index is -3.42. The molecule has 1 aliphatic rings. The maximum absolute atomic E-state index is 12.6. The van der Waals surface area contributed by atoms with Gasteiger partial charge in [0, 0.05) is 39.3 Å². The lowest BCUT2D eigenvalue weighted by atomic mass is 10.3. The zero-order chi connectivity index (χ0) is 15.6. The molecule has 0 saturated carbocycles. The molecule has 0 amide bonds. The predicted molar refractivity (Wildman–Crippen MR) is 90.8 cm³/mol. The van der Waals surface area contributed by atoms with Crippen LogP contribution in [0.15, 0.2) is 14.1 Å². The summed E-state index contributed by atoms with van der Waals surface area (Å²) in [6, 6.07) is 1.52. The highest BCUT2D eigenvalue weighted by Gasteiger charge is 2.30. The quantitative estimate of drug-likeness (QED) is 0.737. The van der Waals surface area contributed by atoms with Crippen LogP contribution in [0.25, 0.3) is 0 Å². The SMILES string of the molecule is CN(C)CCN1CCN(S(=O)(=O)c2cc(Cl)c(Br)s2)CC1. The topological polar surface area (TPSA) is 43.9 Å². The summed E-state index contributed by atoms with van der Waals surface area (Å²) in [6.45, 7) is 4.56. The number of thiophene rings is 1. The van der Waals surface area contributed by atoms with E-state index in [0.717, 1.165) is 37.5 Å². The van der Waals surface area contributed by atoms with Gasteiger partial charge in [-0.05, 0) is 36.1 Å². The fourth-order valence-corrected chi connectivity index (χ4v) is 6.09. The first kappa shape index (κ1) is 17.7. The molecule has 0 unspecified atom stereocenters. The van der Waals surface area contributed by atoms with Gasteiger partial charge in [-0.2, -0.15) is 4.31 Å². The van der Waals surface area contributed by atoms with Crippen LogP contribution >= 0.6 is 38.9 Å². The monoisotopic (exact) mass is 415 g/mol. The van der Waals surface area contributed by atoms with Crippen LogP contribution in [-0.4, -0.2) is 75.9 Å². The van der Waals surface area contributed by atoms with Crippen molar-refractivity contribution in [1.82, 2.24) is 14.1 Å². The van der Waals surface area contributed by atoms with Crippen LogP contribution in [0.5, 0.6) is 0 Å². The molecule has 0 N–H and O–H groups in total. The highest BCUT2D eigenvalue weighted by molar-refractivity contribution is 9.11. The Labute approximate surface area is 143 Å². The van der Waals surface area contributed by atoms with E-state index in [2.05, 4.69) is 25.7 Å². The van der Waals surface area contributed by atoms with E-state index in [4.69, 9.17) is 11.6 Å². The maximum Gasteiger partial charge on any atom is 0.252 e. The Hall–Kier alpha value is 0.300. The van der Waals surface area contributed by atoms with Crippen molar-refractivity contribution in [3.63, 3.8) is 0 Å². The van der Waals surface area contributed by atoms with Crippen molar-refractivity contribution in [2.24, 2.45) is 0 Å².